The minimum absolute atomic E-state index is 0.400. The maximum atomic E-state index is 12.6. The number of allylic oxidation sites excluding steroid dienone is 2. The molecule has 1 aliphatic rings. The number of halogens is 1. The van der Waals surface area contributed by atoms with E-state index in [1.54, 1.807) is 32.9 Å². The van der Waals surface area contributed by atoms with Crippen molar-refractivity contribution in [2.45, 2.75) is 51.2 Å². The summed E-state index contributed by atoms with van der Waals surface area (Å²) in [5.41, 5.74) is -0.250. The fourth-order valence-electron chi connectivity index (χ4n) is 2.60. The van der Waals surface area contributed by atoms with Gasteiger partial charge >= 0.3 is 6.09 Å². The zero-order chi connectivity index (χ0) is 17.0. The Morgan fingerprint density at radius 2 is 2.05 bits per heavy atom. The number of aldehydes is 1. The highest BCUT2D eigenvalue weighted by Crippen LogP contribution is 2.41. The minimum atomic E-state index is -0.982. The summed E-state index contributed by atoms with van der Waals surface area (Å²) in [6.07, 6.45) is 4.96. The van der Waals surface area contributed by atoms with E-state index >= 15 is 0 Å². The molecule has 0 spiro atoms. The lowest BCUT2D eigenvalue weighted by molar-refractivity contribution is -0.117. The molecule has 0 N–H and O–H groups in total. The van der Waals surface area contributed by atoms with Crippen molar-refractivity contribution >= 4 is 24.0 Å². The van der Waals surface area contributed by atoms with E-state index in [0.717, 1.165) is 11.9 Å². The van der Waals surface area contributed by atoms with Crippen molar-refractivity contribution in [2.75, 3.05) is 5.88 Å². The second-order valence-corrected chi connectivity index (χ2v) is 6.70. The largest absolute Gasteiger partial charge is 0.443 e. The van der Waals surface area contributed by atoms with Gasteiger partial charge in [0.2, 0.25) is 0 Å². The van der Waals surface area contributed by atoms with E-state index in [1.807, 2.05) is 0 Å². The number of amides is 1. The van der Waals surface area contributed by atoms with Crippen LogP contribution in [0.15, 0.2) is 36.6 Å². The van der Waals surface area contributed by atoms with Crippen LogP contribution in [0, 0.1) is 0 Å². The Morgan fingerprint density at radius 3 is 2.45 bits per heavy atom. The summed E-state index contributed by atoms with van der Waals surface area (Å²) in [7, 11) is 0. The highest BCUT2D eigenvalue weighted by molar-refractivity contribution is 6.17. The van der Waals surface area contributed by atoms with Crippen molar-refractivity contribution in [2.24, 2.45) is 0 Å². The Labute approximate surface area is 137 Å². The molecule has 0 aromatic rings. The van der Waals surface area contributed by atoms with Gasteiger partial charge in [-0.15, -0.1) is 11.6 Å². The number of hydrogen-bond donors (Lipinski definition) is 0. The highest BCUT2D eigenvalue weighted by atomic mass is 35.5. The lowest BCUT2D eigenvalue weighted by Crippen LogP contribution is -2.50. The van der Waals surface area contributed by atoms with Gasteiger partial charge in [-0.25, -0.2) is 4.79 Å². The molecular weight excluding hydrogens is 302 g/mol. The molecule has 0 fully saturated rings. The summed E-state index contributed by atoms with van der Waals surface area (Å²) in [6.45, 7) is 12.9. The standard InChI is InChI=1S/C17H24ClNO3/c1-6-13-11-17(12-20,9-8-10-18)19(14(13)7-2)15(21)22-16(3,4)5/h6-7,12H,1-2,8-11H2,3-5H3. The van der Waals surface area contributed by atoms with Crippen LogP contribution in [0.5, 0.6) is 0 Å². The van der Waals surface area contributed by atoms with E-state index in [0.29, 0.717) is 30.8 Å². The average molecular weight is 326 g/mol. The van der Waals surface area contributed by atoms with Gasteiger partial charge in [-0.3, -0.25) is 4.90 Å². The van der Waals surface area contributed by atoms with Crippen molar-refractivity contribution in [3.63, 3.8) is 0 Å². The Morgan fingerprint density at radius 1 is 1.41 bits per heavy atom. The first-order valence-electron chi connectivity index (χ1n) is 7.28. The molecular formula is C17H24ClNO3. The molecule has 0 saturated carbocycles. The van der Waals surface area contributed by atoms with E-state index in [4.69, 9.17) is 16.3 Å². The van der Waals surface area contributed by atoms with E-state index in [2.05, 4.69) is 13.2 Å². The number of rotatable bonds is 6. The smallest absolute Gasteiger partial charge is 0.415 e. The van der Waals surface area contributed by atoms with Gasteiger partial charge < -0.3 is 9.53 Å². The topological polar surface area (TPSA) is 46.6 Å². The van der Waals surface area contributed by atoms with Crippen molar-refractivity contribution in [3.8, 4) is 0 Å². The first-order chi connectivity index (χ1) is 10.2. The number of carbonyl (C=O) groups is 2. The number of carbonyl (C=O) groups excluding carboxylic acids is 2. The van der Waals surface area contributed by atoms with Crippen molar-refractivity contribution in [3.05, 3.63) is 36.6 Å². The molecule has 1 aliphatic heterocycles. The van der Waals surface area contributed by atoms with Gasteiger partial charge in [0, 0.05) is 12.3 Å². The average Bonchev–Trinajstić information content (AvgIpc) is 2.77. The van der Waals surface area contributed by atoms with E-state index < -0.39 is 17.2 Å². The molecule has 1 atom stereocenters. The lowest BCUT2D eigenvalue weighted by Gasteiger charge is -2.36. The summed E-state index contributed by atoms with van der Waals surface area (Å²) in [4.78, 5) is 25.9. The van der Waals surface area contributed by atoms with Crippen LogP contribution in [0.1, 0.15) is 40.0 Å². The molecule has 4 nitrogen and oxygen atoms in total. The molecule has 0 aliphatic carbocycles. The summed E-state index contributed by atoms with van der Waals surface area (Å²) in [5.74, 6) is 0.421. The van der Waals surface area contributed by atoms with Gasteiger partial charge in [0.05, 0.1) is 5.70 Å². The van der Waals surface area contributed by atoms with Crippen molar-refractivity contribution in [1.29, 1.82) is 0 Å². The first kappa shape index (κ1) is 18.5. The minimum Gasteiger partial charge on any atom is -0.443 e. The van der Waals surface area contributed by atoms with Crippen molar-refractivity contribution < 1.29 is 14.3 Å². The molecule has 1 heterocycles. The predicted octanol–water partition coefficient (Wildman–Crippen LogP) is 4.21. The van der Waals surface area contributed by atoms with Gasteiger partial charge in [-0.05, 0) is 45.3 Å². The van der Waals surface area contributed by atoms with Crippen LogP contribution >= 0.6 is 11.6 Å². The summed E-state index contributed by atoms with van der Waals surface area (Å²) < 4.78 is 5.46. The van der Waals surface area contributed by atoms with E-state index in [1.165, 1.54) is 4.90 Å². The van der Waals surface area contributed by atoms with E-state index in [-0.39, 0.29) is 0 Å². The maximum Gasteiger partial charge on any atom is 0.415 e. The summed E-state index contributed by atoms with van der Waals surface area (Å²) >= 11 is 5.77. The molecule has 22 heavy (non-hydrogen) atoms. The molecule has 1 rings (SSSR count). The van der Waals surface area contributed by atoms with E-state index in [9.17, 15) is 9.59 Å². The third kappa shape index (κ3) is 3.80. The van der Waals surface area contributed by atoms with Crippen LogP contribution in [0.25, 0.3) is 0 Å². The molecule has 0 radical (unpaired) electrons. The normalized spacial score (nSPS) is 21.7. The molecule has 1 amide bonds. The van der Waals surface area contributed by atoms with Crippen LogP contribution in [-0.4, -0.2) is 34.3 Å². The quantitative estimate of drug-likeness (QED) is 0.543. The van der Waals surface area contributed by atoms with Gasteiger partial charge in [0.1, 0.15) is 17.4 Å². The van der Waals surface area contributed by atoms with Crippen LogP contribution in [-0.2, 0) is 9.53 Å². The number of alkyl halides is 1. The third-order valence-corrected chi connectivity index (χ3v) is 3.76. The predicted molar refractivity (Wildman–Crippen MR) is 88.9 cm³/mol. The van der Waals surface area contributed by atoms with Gasteiger partial charge in [-0.1, -0.05) is 19.2 Å². The van der Waals surface area contributed by atoms with Crippen molar-refractivity contribution in [1.82, 2.24) is 4.90 Å². The molecule has 0 aromatic heterocycles. The van der Waals surface area contributed by atoms with Gasteiger partial charge in [0.15, 0.2) is 0 Å². The SMILES string of the molecule is C=CC1=C(C=C)N(C(=O)OC(C)(C)C)C(C=O)(CCCCl)C1. The third-order valence-electron chi connectivity index (χ3n) is 3.49. The van der Waals surface area contributed by atoms with Gasteiger partial charge in [0.25, 0.3) is 0 Å². The second-order valence-electron chi connectivity index (χ2n) is 6.33. The molecule has 122 valence electrons. The first-order valence-corrected chi connectivity index (χ1v) is 7.81. The zero-order valence-electron chi connectivity index (χ0n) is 13.5. The molecule has 0 saturated heterocycles. The Kier molecular flexibility index (Phi) is 6.00. The molecule has 0 aromatic carbocycles. The van der Waals surface area contributed by atoms with Crippen LogP contribution in [0.3, 0.4) is 0 Å². The van der Waals surface area contributed by atoms with Gasteiger partial charge in [-0.2, -0.15) is 0 Å². The number of hydrogen-bond acceptors (Lipinski definition) is 3. The Bertz CT molecular complexity index is 505. The molecule has 0 bridgehead atoms. The van der Waals surface area contributed by atoms with Crippen LogP contribution in [0.2, 0.25) is 0 Å². The zero-order valence-corrected chi connectivity index (χ0v) is 14.3. The number of ether oxygens (including phenoxy) is 1. The number of nitrogens with zero attached hydrogens (tertiary/aromatic N) is 1. The fraction of sp³-hybridized carbons (Fsp3) is 0.529. The van der Waals surface area contributed by atoms with Crippen LogP contribution in [0.4, 0.5) is 4.79 Å². The maximum absolute atomic E-state index is 12.6. The molecule has 5 heteroatoms. The second kappa shape index (κ2) is 7.14. The molecule has 1 unspecified atom stereocenters. The Balaban J connectivity index is 3.28. The lowest BCUT2D eigenvalue weighted by atomic mass is 9.90. The summed E-state index contributed by atoms with van der Waals surface area (Å²) in [6, 6.07) is 0. The Hall–Kier alpha value is -1.55. The summed E-state index contributed by atoms with van der Waals surface area (Å²) in [5, 5.41) is 0. The fourth-order valence-corrected chi connectivity index (χ4v) is 2.73. The van der Waals surface area contributed by atoms with Crippen LogP contribution < -0.4 is 0 Å². The monoisotopic (exact) mass is 325 g/mol. The highest BCUT2D eigenvalue weighted by Gasteiger charge is 2.48.